The Bertz CT molecular complexity index is 419. The molecular formula is C15H23N3O. The molecule has 4 heteroatoms. The molecule has 0 bridgehead atoms. The largest absolute Gasteiger partial charge is 0.316 e. The van der Waals surface area contributed by atoms with E-state index in [0.717, 1.165) is 30.8 Å². The number of hydrogen-bond acceptors (Lipinski definition) is 3. The van der Waals surface area contributed by atoms with Crippen LogP contribution in [0, 0.1) is 19.8 Å². The van der Waals surface area contributed by atoms with Crippen LogP contribution < -0.4 is 10.6 Å². The molecule has 1 saturated heterocycles. The van der Waals surface area contributed by atoms with E-state index in [1.165, 1.54) is 12.8 Å². The van der Waals surface area contributed by atoms with E-state index in [2.05, 4.69) is 15.6 Å². The Morgan fingerprint density at radius 1 is 1.47 bits per heavy atom. The van der Waals surface area contributed by atoms with Crippen molar-refractivity contribution >= 4 is 11.7 Å². The van der Waals surface area contributed by atoms with Crippen molar-refractivity contribution in [1.82, 2.24) is 10.3 Å². The fraction of sp³-hybridized carbons (Fsp3) is 0.600. The van der Waals surface area contributed by atoms with Crippen molar-refractivity contribution in [3.8, 4) is 0 Å². The SMILES string of the molecule is Cc1cc(C)nc(NC(=O)CCC2CCCNC2)c1. The maximum Gasteiger partial charge on any atom is 0.225 e. The van der Waals surface area contributed by atoms with E-state index in [0.29, 0.717) is 18.2 Å². The Labute approximate surface area is 115 Å². The van der Waals surface area contributed by atoms with Gasteiger partial charge in [-0.3, -0.25) is 4.79 Å². The number of aryl methyl sites for hydroxylation is 2. The van der Waals surface area contributed by atoms with Crippen LogP contribution in [0.25, 0.3) is 0 Å². The van der Waals surface area contributed by atoms with E-state index in [1.807, 2.05) is 26.0 Å². The minimum atomic E-state index is 0.0723. The van der Waals surface area contributed by atoms with Crippen molar-refractivity contribution in [2.45, 2.75) is 39.5 Å². The molecule has 0 radical (unpaired) electrons. The van der Waals surface area contributed by atoms with Gasteiger partial charge in [-0.2, -0.15) is 0 Å². The third-order valence-corrected chi connectivity index (χ3v) is 3.54. The second-order valence-corrected chi connectivity index (χ2v) is 5.47. The maximum atomic E-state index is 11.9. The van der Waals surface area contributed by atoms with Crippen LogP contribution in [0.2, 0.25) is 0 Å². The molecular weight excluding hydrogens is 238 g/mol. The van der Waals surface area contributed by atoms with E-state index >= 15 is 0 Å². The molecule has 0 saturated carbocycles. The van der Waals surface area contributed by atoms with Gasteiger partial charge in [0.05, 0.1) is 0 Å². The predicted octanol–water partition coefficient (Wildman–Crippen LogP) is 2.42. The topological polar surface area (TPSA) is 54.0 Å². The highest BCUT2D eigenvalue weighted by molar-refractivity contribution is 5.89. The molecule has 2 N–H and O–H groups in total. The highest BCUT2D eigenvalue weighted by Crippen LogP contribution is 2.16. The Morgan fingerprint density at radius 3 is 3.00 bits per heavy atom. The first-order valence-corrected chi connectivity index (χ1v) is 7.09. The van der Waals surface area contributed by atoms with Gasteiger partial charge in [0.2, 0.25) is 5.91 Å². The zero-order valence-electron chi connectivity index (χ0n) is 11.8. The van der Waals surface area contributed by atoms with Crippen molar-refractivity contribution in [3.05, 3.63) is 23.4 Å². The molecule has 1 fully saturated rings. The molecule has 0 aromatic carbocycles. The van der Waals surface area contributed by atoms with Crippen LogP contribution in [-0.4, -0.2) is 24.0 Å². The van der Waals surface area contributed by atoms with Gasteiger partial charge in [0.1, 0.15) is 5.82 Å². The van der Waals surface area contributed by atoms with Gasteiger partial charge in [0.25, 0.3) is 0 Å². The Balaban J connectivity index is 1.80. The van der Waals surface area contributed by atoms with Gasteiger partial charge in [-0.15, -0.1) is 0 Å². The zero-order chi connectivity index (χ0) is 13.7. The molecule has 1 aliphatic heterocycles. The second-order valence-electron chi connectivity index (χ2n) is 5.47. The van der Waals surface area contributed by atoms with Crippen LogP contribution in [0.1, 0.15) is 36.9 Å². The summed E-state index contributed by atoms with van der Waals surface area (Å²) in [5.41, 5.74) is 2.06. The first-order chi connectivity index (χ1) is 9.13. The number of hydrogen-bond donors (Lipinski definition) is 2. The molecule has 1 aliphatic rings. The fourth-order valence-corrected chi connectivity index (χ4v) is 2.62. The summed E-state index contributed by atoms with van der Waals surface area (Å²) in [7, 11) is 0. The van der Waals surface area contributed by atoms with E-state index in [-0.39, 0.29) is 5.91 Å². The summed E-state index contributed by atoms with van der Waals surface area (Å²) in [5, 5.41) is 6.27. The number of aromatic nitrogens is 1. The van der Waals surface area contributed by atoms with Crippen LogP contribution in [0.5, 0.6) is 0 Å². The quantitative estimate of drug-likeness (QED) is 0.875. The second kappa shape index (κ2) is 6.66. The normalized spacial score (nSPS) is 19.2. The molecule has 4 nitrogen and oxygen atoms in total. The summed E-state index contributed by atoms with van der Waals surface area (Å²) in [4.78, 5) is 16.2. The van der Waals surface area contributed by atoms with E-state index < -0.39 is 0 Å². The van der Waals surface area contributed by atoms with Gasteiger partial charge in [-0.25, -0.2) is 4.98 Å². The average Bonchev–Trinajstić information content (AvgIpc) is 2.36. The van der Waals surface area contributed by atoms with Gasteiger partial charge >= 0.3 is 0 Å². The lowest BCUT2D eigenvalue weighted by molar-refractivity contribution is -0.116. The van der Waals surface area contributed by atoms with Crippen LogP contribution in [0.3, 0.4) is 0 Å². The third-order valence-electron chi connectivity index (χ3n) is 3.54. The number of rotatable bonds is 4. The fourth-order valence-electron chi connectivity index (χ4n) is 2.62. The molecule has 0 spiro atoms. The molecule has 104 valence electrons. The highest BCUT2D eigenvalue weighted by atomic mass is 16.1. The Kier molecular flexibility index (Phi) is 4.91. The lowest BCUT2D eigenvalue weighted by Gasteiger charge is -2.22. The molecule has 1 unspecified atom stereocenters. The van der Waals surface area contributed by atoms with Crippen LogP contribution in [-0.2, 0) is 4.79 Å². The van der Waals surface area contributed by atoms with Gasteiger partial charge in [-0.05, 0) is 69.8 Å². The Hall–Kier alpha value is -1.42. The van der Waals surface area contributed by atoms with Crippen LogP contribution >= 0.6 is 0 Å². The lowest BCUT2D eigenvalue weighted by Crippen LogP contribution is -2.30. The summed E-state index contributed by atoms with van der Waals surface area (Å²) in [6.07, 6.45) is 4.01. The molecule has 2 heterocycles. The van der Waals surface area contributed by atoms with Crippen LogP contribution in [0.4, 0.5) is 5.82 Å². The van der Waals surface area contributed by atoms with Crippen molar-refractivity contribution in [2.75, 3.05) is 18.4 Å². The zero-order valence-corrected chi connectivity index (χ0v) is 11.8. The minimum absolute atomic E-state index is 0.0723. The predicted molar refractivity (Wildman–Crippen MR) is 77.2 cm³/mol. The van der Waals surface area contributed by atoms with Crippen molar-refractivity contribution in [3.63, 3.8) is 0 Å². The van der Waals surface area contributed by atoms with E-state index in [4.69, 9.17) is 0 Å². The highest BCUT2D eigenvalue weighted by Gasteiger charge is 2.14. The number of pyridine rings is 1. The van der Waals surface area contributed by atoms with Gasteiger partial charge in [-0.1, -0.05) is 0 Å². The molecule has 1 aromatic rings. The summed E-state index contributed by atoms with van der Waals surface area (Å²) in [6.45, 7) is 6.12. The van der Waals surface area contributed by atoms with Gasteiger partial charge in [0, 0.05) is 12.1 Å². The summed E-state index contributed by atoms with van der Waals surface area (Å²) < 4.78 is 0. The number of carbonyl (C=O) groups excluding carboxylic acids is 1. The number of piperidine rings is 1. The Morgan fingerprint density at radius 2 is 2.32 bits per heavy atom. The van der Waals surface area contributed by atoms with E-state index in [1.54, 1.807) is 0 Å². The lowest BCUT2D eigenvalue weighted by atomic mass is 9.94. The number of anilines is 1. The molecule has 19 heavy (non-hydrogen) atoms. The smallest absolute Gasteiger partial charge is 0.225 e. The van der Waals surface area contributed by atoms with Gasteiger partial charge in [0.15, 0.2) is 0 Å². The third kappa shape index (κ3) is 4.63. The number of amides is 1. The molecule has 1 amide bonds. The number of nitrogens with one attached hydrogen (secondary N) is 2. The van der Waals surface area contributed by atoms with Crippen molar-refractivity contribution in [1.29, 1.82) is 0 Å². The van der Waals surface area contributed by atoms with Crippen molar-refractivity contribution < 1.29 is 4.79 Å². The maximum absolute atomic E-state index is 11.9. The first kappa shape index (κ1) is 14.0. The standard InChI is InChI=1S/C15H23N3O/c1-11-8-12(2)17-14(9-11)18-15(19)6-5-13-4-3-7-16-10-13/h8-9,13,16H,3-7,10H2,1-2H3,(H,17,18,19). The molecule has 0 aliphatic carbocycles. The first-order valence-electron chi connectivity index (χ1n) is 7.09. The number of carbonyl (C=O) groups is 1. The number of nitrogens with zero attached hydrogens (tertiary/aromatic N) is 1. The summed E-state index contributed by atoms with van der Waals surface area (Å²) in [6, 6.07) is 3.91. The average molecular weight is 261 g/mol. The molecule has 1 aromatic heterocycles. The van der Waals surface area contributed by atoms with Crippen LogP contribution in [0.15, 0.2) is 12.1 Å². The summed E-state index contributed by atoms with van der Waals surface area (Å²) >= 11 is 0. The molecule has 1 atom stereocenters. The minimum Gasteiger partial charge on any atom is -0.316 e. The van der Waals surface area contributed by atoms with E-state index in [9.17, 15) is 4.79 Å². The van der Waals surface area contributed by atoms with Crippen molar-refractivity contribution in [2.24, 2.45) is 5.92 Å². The monoisotopic (exact) mass is 261 g/mol. The van der Waals surface area contributed by atoms with Gasteiger partial charge < -0.3 is 10.6 Å². The molecule has 2 rings (SSSR count). The summed E-state index contributed by atoms with van der Waals surface area (Å²) in [5.74, 6) is 1.39.